The minimum atomic E-state index is -0.136. The first kappa shape index (κ1) is 10.2. The van der Waals surface area contributed by atoms with Crippen LogP contribution in [0.3, 0.4) is 0 Å². The van der Waals surface area contributed by atoms with Crippen LogP contribution in [0, 0.1) is 0 Å². The van der Waals surface area contributed by atoms with Gasteiger partial charge in [-0.2, -0.15) is 0 Å². The number of carbonyl (C=O) groups is 2. The summed E-state index contributed by atoms with van der Waals surface area (Å²) in [6, 6.07) is 0.623. The van der Waals surface area contributed by atoms with Gasteiger partial charge in [0.15, 0.2) is 0 Å². The number of rotatable bonds is 5. The molecule has 0 aromatic heterocycles. The van der Waals surface area contributed by atoms with Gasteiger partial charge in [0.1, 0.15) is 6.54 Å². The summed E-state index contributed by atoms with van der Waals surface area (Å²) in [5, 5.41) is 2.88. The fourth-order valence-electron chi connectivity index (χ4n) is 1.55. The zero-order chi connectivity index (χ0) is 10.8. The molecule has 4 heteroatoms. The van der Waals surface area contributed by atoms with E-state index in [2.05, 4.69) is 11.9 Å². The van der Waals surface area contributed by atoms with Gasteiger partial charge in [-0.15, -0.1) is 0 Å². The highest BCUT2D eigenvalue weighted by Gasteiger charge is 2.33. The number of amides is 2. The van der Waals surface area contributed by atoms with E-state index in [4.69, 9.17) is 0 Å². The molecule has 82 valence electrons. The highest BCUT2D eigenvalue weighted by Crippen LogP contribution is 2.27. The van der Waals surface area contributed by atoms with Crippen molar-refractivity contribution in [3.05, 3.63) is 12.7 Å². The molecule has 2 fully saturated rings. The van der Waals surface area contributed by atoms with E-state index >= 15 is 0 Å². The molecule has 2 aliphatic carbocycles. The number of hydrogen-bond donors (Lipinski definition) is 1. The van der Waals surface area contributed by atoms with E-state index in [0.29, 0.717) is 6.04 Å². The normalized spacial score (nSPS) is 19.5. The van der Waals surface area contributed by atoms with Crippen molar-refractivity contribution in [3.63, 3.8) is 0 Å². The molecule has 0 spiro atoms. The third-order valence-corrected chi connectivity index (χ3v) is 2.70. The Hall–Kier alpha value is -1.32. The van der Waals surface area contributed by atoms with Crippen LogP contribution >= 0.6 is 0 Å². The molecule has 2 saturated carbocycles. The molecule has 0 radical (unpaired) electrons. The minimum Gasteiger partial charge on any atom is -0.352 e. The largest absolute Gasteiger partial charge is 0.352 e. The molecule has 0 heterocycles. The Morgan fingerprint density at radius 3 is 2.47 bits per heavy atom. The van der Waals surface area contributed by atoms with Crippen molar-refractivity contribution in [2.75, 3.05) is 6.54 Å². The fourth-order valence-corrected chi connectivity index (χ4v) is 1.55. The zero-order valence-corrected chi connectivity index (χ0v) is 8.74. The first-order chi connectivity index (χ1) is 7.20. The molecule has 0 saturated heterocycles. The first-order valence-electron chi connectivity index (χ1n) is 5.43. The topological polar surface area (TPSA) is 49.4 Å². The third-order valence-electron chi connectivity index (χ3n) is 2.70. The number of nitrogens with zero attached hydrogens (tertiary/aromatic N) is 1. The van der Waals surface area contributed by atoms with Gasteiger partial charge in [0.25, 0.3) is 0 Å². The van der Waals surface area contributed by atoms with E-state index in [1.807, 2.05) is 0 Å². The molecule has 1 N–H and O–H groups in total. The molecule has 2 aliphatic rings. The Kier molecular flexibility index (Phi) is 2.75. The van der Waals surface area contributed by atoms with Crippen LogP contribution < -0.4 is 5.32 Å². The predicted octanol–water partition coefficient (Wildman–Crippen LogP) is 0.442. The molecule has 0 aromatic rings. The van der Waals surface area contributed by atoms with Crippen LogP contribution in [-0.4, -0.2) is 35.3 Å². The van der Waals surface area contributed by atoms with Gasteiger partial charge < -0.3 is 10.2 Å². The minimum absolute atomic E-state index is 0.0420. The van der Waals surface area contributed by atoms with Crippen molar-refractivity contribution in [3.8, 4) is 0 Å². The Balaban J connectivity index is 1.84. The highest BCUT2D eigenvalue weighted by atomic mass is 16.2. The molecular formula is C11H16N2O2. The summed E-state index contributed by atoms with van der Waals surface area (Å²) in [6.07, 6.45) is 5.45. The fraction of sp³-hybridized carbons (Fsp3) is 0.636. The zero-order valence-electron chi connectivity index (χ0n) is 8.74. The molecule has 2 amide bonds. The van der Waals surface area contributed by atoms with Gasteiger partial charge in [-0.3, -0.25) is 9.59 Å². The molecule has 0 atom stereocenters. The summed E-state index contributed by atoms with van der Waals surface area (Å²) in [5.41, 5.74) is 0. The molecule has 0 bridgehead atoms. The molecule has 15 heavy (non-hydrogen) atoms. The van der Waals surface area contributed by atoms with Crippen molar-refractivity contribution >= 4 is 11.8 Å². The number of carbonyl (C=O) groups excluding carboxylic acids is 2. The lowest BCUT2D eigenvalue weighted by molar-refractivity contribution is -0.133. The Morgan fingerprint density at radius 2 is 2.00 bits per heavy atom. The van der Waals surface area contributed by atoms with E-state index < -0.39 is 0 Å². The van der Waals surface area contributed by atoms with Crippen molar-refractivity contribution in [1.82, 2.24) is 10.2 Å². The van der Waals surface area contributed by atoms with Crippen molar-refractivity contribution in [2.45, 2.75) is 37.8 Å². The van der Waals surface area contributed by atoms with Crippen LogP contribution in [0.1, 0.15) is 25.7 Å². The van der Waals surface area contributed by atoms with E-state index in [9.17, 15) is 9.59 Å². The highest BCUT2D eigenvalue weighted by molar-refractivity contribution is 5.91. The SMILES string of the molecule is C=CC(=O)N(CC(=O)NC1CC1)C1CC1. The second-order valence-corrected chi connectivity index (χ2v) is 4.24. The average Bonchev–Trinajstić information content (AvgIpc) is 3.04. The summed E-state index contributed by atoms with van der Waals surface area (Å²) in [4.78, 5) is 24.6. The van der Waals surface area contributed by atoms with Gasteiger partial charge in [0, 0.05) is 12.1 Å². The monoisotopic (exact) mass is 208 g/mol. The van der Waals surface area contributed by atoms with E-state index in [1.165, 1.54) is 6.08 Å². The van der Waals surface area contributed by atoms with Gasteiger partial charge in [-0.1, -0.05) is 6.58 Å². The molecule has 0 aromatic carbocycles. The summed E-state index contributed by atoms with van der Waals surface area (Å²) in [6.45, 7) is 3.64. The van der Waals surface area contributed by atoms with E-state index in [1.54, 1.807) is 4.90 Å². The van der Waals surface area contributed by atoms with Crippen LogP contribution in [0.2, 0.25) is 0 Å². The predicted molar refractivity (Wildman–Crippen MR) is 56.1 cm³/mol. The van der Waals surface area contributed by atoms with Gasteiger partial charge in [0.05, 0.1) is 0 Å². The van der Waals surface area contributed by atoms with Gasteiger partial charge >= 0.3 is 0 Å². The van der Waals surface area contributed by atoms with Crippen molar-refractivity contribution in [1.29, 1.82) is 0 Å². The van der Waals surface area contributed by atoms with Crippen molar-refractivity contribution < 1.29 is 9.59 Å². The molecule has 0 aliphatic heterocycles. The first-order valence-corrected chi connectivity index (χ1v) is 5.43. The lowest BCUT2D eigenvalue weighted by Crippen LogP contribution is -2.41. The maximum atomic E-state index is 11.5. The van der Waals surface area contributed by atoms with Gasteiger partial charge in [-0.25, -0.2) is 0 Å². The van der Waals surface area contributed by atoms with Crippen LogP contribution in [-0.2, 0) is 9.59 Å². The van der Waals surface area contributed by atoms with Gasteiger partial charge in [-0.05, 0) is 31.8 Å². The van der Waals surface area contributed by atoms with Crippen molar-refractivity contribution in [2.24, 2.45) is 0 Å². The van der Waals surface area contributed by atoms with E-state index in [0.717, 1.165) is 25.7 Å². The maximum Gasteiger partial charge on any atom is 0.246 e. The maximum absolute atomic E-state index is 11.5. The lowest BCUT2D eigenvalue weighted by atomic mass is 10.4. The lowest BCUT2D eigenvalue weighted by Gasteiger charge is -2.19. The van der Waals surface area contributed by atoms with Crippen LogP contribution in [0.4, 0.5) is 0 Å². The number of hydrogen-bond acceptors (Lipinski definition) is 2. The average molecular weight is 208 g/mol. The van der Waals surface area contributed by atoms with Gasteiger partial charge in [0.2, 0.25) is 11.8 Å². The molecule has 0 unspecified atom stereocenters. The molecular weight excluding hydrogens is 192 g/mol. The van der Waals surface area contributed by atoms with Crippen LogP contribution in [0.25, 0.3) is 0 Å². The Bertz CT molecular complexity index is 293. The van der Waals surface area contributed by atoms with E-state index in [-0.39, 0.29) is 24.4 Å². The summed E-state index contributed by atoms with van der Waals surface area (Å²) < 4.78 is 0. The Morgan fingerprint density at radius 1 is 1.33 bits per heavy atom. The summed E-state index contributed by atoms with van der Waals surface area (Å²) in [5.74, 6) is -0.178. The second-order valence-electron chi connectivity index (χ2n) is 4.24. The smallest absolute Gasteiger partial charge is 0.246 e. The number of nitrogens with one attached hydrogen (secondary N) is 1. The summed E-state index contributed by atoms with van der Waals surface area (Å²) in [7, 11) is 0. The second kappa shape index (κ2) is 4.04. The third kappa shape index (κ3) is 2.81. The molecule has 2 rings (SSSR count). The molecule has 4 nitrogen and oxygen atoms in total. The Labute approximate surface area is 89.3 Å². The quantitative estimate of drug-likeness (QED) is 0.666. The van der Waals surface area contributed by atoms with Crippen LogP contribution in [0.15, 0.2) is 12.7 Å². The standard InChI is InChI=1S/C11H16N2O2/c1-2-11(15)13(9-5-6-9)7-10(14)12-8-3-4-8/h2,8-9H,1,3-7H2,(H,12,14). The summed E-state index contributed by atoms with van der Waals surface area (Å²) >= 11 is 0. The van der Waals surface area contributed by atoms with Crippen LogP contribution in [0.5, 0.6) is 0 Å².